The number of ether oxygens (including phenoxy) is 1. The number of hydrogen-bond donors (Lipinski definition) is 2. The zero-order valence-corrected chi connectivity index (χ0v) is 21.0. The summed E-state index contributed by atoms with van der Waals surface area (Å²) in [5, 5.41) is 13.2. The number of Topliss-reactive ketones (excluding diaryl/α,β-unsaturated/α-hetero) is 1. The zero-order valence-electron chi connectivity index (χ0n) is 21.0. The number of aliphatic hydroxyl groups excluding tert-OH is 1. The summed E-state index contributed by atoms with van der Waals surface area (Å²) in [4.78, 5) is 46.4. The largest absolute Gasteiger partial charge is 0.464 e. The lowest BCUT2D eigenvalue weighted by molar-refractivity contribution is -0.135. The number of carbonyl (C=O) groups is 3. The Bertz CT molecular complexity index is 1040. The maximum absolute atomic E-state index is 13.3. The monoisotopic (exact) mass is 489 g/mol. The van der Waals surface area contributed by atoms with Gasteiger partial charge in [0.2, 0.25) is 17.7 Å². The maximum atomic E-state index is 13.3. The van der Waals surface area contributed by atoms with E-state index in [9.17, 15) is 19.5 Å². The lowest BCUT2D eigenvalue weighted by Gasteiger charge is -2.24. The molecule has 3 rings (SSSR count). The highest BCUT2D eigenvalue weighted by Crippen LogP contribution is 2.32. The second-order valence-electron chi connectivity index (χ2n) is 9.74. The first kappa shape index (κ1) is 26.6. The molecule has 2 bridgehead atoms. The first-order chi connectivity index (χ1) is 16.6. The Morgan fingerprint density at radius 1 is 1.20 bits per heavy atom. The van der Waals surface area contributed by atoms with Gasteiger partial charge in [-0.05, 0) is 24.7 Å². The number of carbonyl (C=O) groups excluding carboxylic acids is 3. The van der Waals surface area contributed by atoms with E-state index < -0.39 is 24.0 Å². The molecule has 35 heavy (non-hydrogen) atoms. The number of ketones is 1. The Balaban J connectivity index is 1.90. The normalized spacial score (nSPS) is 20.2. The van der Waals surface area contributed by atoms with Crippen molar-refractivity contribution in [1.29, 1.82) is 0 Å². The van der Waals surface area contributed by atoms with Crippen LogP contribution in [0.5, 0.6) is 0 Å². The van der Waals surface area contributed by atoms with E-state index in [0.717, 1.165) is 19.3 Å². The number of hydrogen-bond acceptors (Lipinski definition) is 9. The van der Waals surface area contributed by atoms with Crippen LogP contribution in [-0.4, -0.2) is 45.9 Å². The second kappa shape index (κ2) is 11.6. The summed E-state index contributed by atoms with van der Waals surface area (Å²) in [7, 11) is 1.26. The van der Waals surface area contributed by atoms with Gasteiger partial charge in [-0.2, -0.15) is 0 Å². The van der Waals surface area contributed by atoms with Crippen molar-refractivity contribution >= 4 is 17.7 Å². The van der Waals surface area contributed by atoms with Gasteiger partial charge < -0.3 is 24.0 Å². The molecule has 2 aromatic rings. The quantitative estimate of drug-likeness (QED) is 0.557. The number of aryl methyl sites for hydroxylation is 1. The molecule has 1 aliphatic heterocycles. The Morgan fingerprint density at radius 3 is 2.60 bits per heavy atom. The van der Waals surface area contributed by atoms with Crippen LogP contribution in [0.2, 0.25) is 0 Å². The number of oxazole rings is 2. The van der Waals surface area contributed by atoms with Gasteiger partial charge in [0.25, 0.3) is 0 Å². The number of nitrogens with zero attached hydrogens (tertiary/aromatic N) is 2. The van der Waals surface area contributed by atoms with Crippen LogP contribution >= 0.6 is 0 Å². The molecule has 3 heterocycles. The summed E-state index contributed by atoms with van der Waals surface area (Å²) in [5.74, 6) is -0.988. The number of fused-ring (bicyclic) bond motifs is 2. The smallest absolute Gasteiger partial charge is 0.360 e. The first-order valence-electron chi connectivity index (χ1n) is 12.2. The topological polar surface area (TPSA) is 145 Å². The van der Waals surface area contributed by atoms with Crippen LogP contribution in [-0.2, 0) is 20.7 Å². The minimum absolute atomic E-state index is 0.00923. The first-order valence-corrected chi connectivity index (χ1v) is 12.2. The van der Waals surface area contributed by atoms with Gasteiger partial charge in [0.05, 0.1) is 7.11 Å². The lowest BCUT2D eigenvalue weighted by Crippen LogP contribution is -2.39. The van der Waals surface area contributed by atoms with Crippen molar-refractivity contribution in [2.75, 3.05) is 7.11 Å². The van der Waals surface area contributed by atoms with E-state index in [1.807, 2.05) is 13.8 Å². The molecule has 0 saturated heterocycles. The lowest BCUT2D eigenvalue weighted by atomic mass is 9.89. The van der Waals surface area contributed by atoms with Gasteiger partial charge in [-0.25, -0.2) is 14.8 Å². The third-order valence-electron chi connectivity index (χ3n) is 6.28. The molecule has 3 atom stereocenters. The molecule has 0 saturated carbocycles. The van der Waals surface area contributed by atoms with Crippen LogP contribution in [0.4, 0.5) is 0 Å². The van der Waals surface area contributed by atoms with Crippen molar-refractivity contribution < 1.29 is 33.1 Å². The van der Waals surface area contributed by atoms with Gasteiger partial charge in [-0.1, -0.05) is 40.5 Å². The highest BCUT2D eigenvalue weighted by Gasteiger charge is 2.32. The zero-order chi connectivity index (χ0) is 25.7. The highest BCUT2D eigenvalue weighted by molar-refractivity contribution is 5.89. The number of aliphatic hydroxyl groups is 1. The van der Waals surface area contributed by atoms with Gasteiger partial charge >= 0.3 is 5.97 Å². The predicted molar refractivity (Wildman–Crippen MR) is 125 cm³/mol. The van der Waals surface area contributed by atoms with Crippen molar-refractivity contribution in [2.45, 2.75) is 78.4 Å². The molecule has 0 unspecified atom stereocenters. The average molecular weight is 490 g/mol. The van der Waals surface area contributed by atoms with Crippen LogP contribution in [0.25, 0.3) is 11.6 Å². The molecule has 2 N–H and O–H groups in total. The number of rotatable bonds is 7. The van der Waals surface area contributed by atoms with Crippen LogP contribution < -0.4 is 5.32 Å². The standard InChI is InChI=1S/C25H35N3O7/c1-13(2)19-24-28-20(23-26-16(12-34-23)25(32)33-5)18(35-24)10-8-6-7-9-15(22(31)27-19)11-17(29)21(30)14(3)4/h12-15,19,21,30H,6-11H2,1-5H3,(H,27,31)/t15-,19+,21+/m1/s1. The molecule has 0 aliphatic carbocycles. The summed E-state index contributed by atoms with van der Waals surface area (Å²) in [6.45, 7) is 7.42. The molecule has 2 aromatic heterocycles. The third kappa shape index (κ3) is 6.36. The number of nitrogens with one attached hydrogen (secondary N) is 1. The molecule has 0 fully saturated rings. The molecule has 1 aliphatic rings. The molecule has 192 valence electrons. The molecular weight excluding hydrogens is 454 g/mol. The molecule has 10 heteroatoms. The molecule has 1 amide bonds. The molecular formula is C25H35N3O7. The van der Waals surface area contributed by atoms with Crippen LogP contribution in [0.1, 0.15) is 88.0 Å². The van der Waals surface area contributed by atoms with Gasteiger partial charge in [0.15, 0.2) is 17.2 Å². The maximum Gasteiger partial charge on any atom is 0.360 e. The third-order valence-corrected chi connectivity index (χ3v) is 6.28. The summed E-state index contributed by atoms with van der Waals surface area (Å²) >= 11 is 0. The van der Waals surface area contributed by atoms with E-state index in [-0.39, 0.29) is 41.5 Å². The van der Waals surface area contributed by atoms with Gasteiger partial charge in [-0.15, -0.1) is 0 Å². The SMILES string of the molecule is COC(=O)c1coc(-c2nc3oc2CCCCC[C@H](CC(=O)[C@@H](O)C(C)C)C(=O)N[C@H]3C(C)C)n1. The molecule has 0 aromatic carbocycles. The van der Waals surface area contributed by atoms with Crippen molar-refractivity contribution in [1.82, 2.24) is 15.3 Å². The summed E-state index contributed by atoms with van der Waals surface area (Å²) < 4.78 is 16.3. The van der Waals surface area contributed by atoms with Crippen LogP contribution in [0.3, 0.4) is 0 Å². The number of amides is 1. The van der Waals surface area contributed by atoms with E-state index in [1.165, 1.54) is 13.4 Å². The van der Waals surface area contributed by atoms with E-state index in [2.05, 4.69) is 15.3 Å². The minimum atomic E-state index is -1.09. The van der Waals surface area contributed by atoms with Crippen LogP contribution in [0, 0.1) is 17.8 Å². The van der Waals surface area contributed by atoms with E-state index in [1.54, 1.807) is 13.8 Å². The number of esters is 1. The average Bonchev–Trinajstić information content (AvgIpc) is 3.46. The number of aromatic nitrogens is 2. The van der Waals surface area contributed by atoms with Crippen LogP contribution in [0.15, 0.2) is 15.1 Å². The number of methoxy groups -OCH3 is 1. The van der Waals surface area contributed by atoms with E-state index >= 15 is 0 Å². The Kier molecular flexibility index (Phi) is 8.82. The van der Waals surface area contributed by atoms with Gasteiger partial charge in [-0.3, -0.25) is 9.59 Å². The fourth-order valence-electron chi connectivity index (χ4n) is 4.12. The highest BCUT2D eigenvalue weighted by atomic mass is 16.5. The fourth-order valence-corrected chi connectivity index (χ4v) is 4.12. The predicted octanol–water partition coefficient (Wildman–Crippen LogP) is 3.64. The van der Waals surface area contributed by atoms with Crippen molar-refractivity contribution in [3.8, 4) is 11.6 Å². The second-order valence-corrected chi connectivity index (χ2v) is 9.74. The minimum Gasteiger partial charge on any atom is -0.464 e. The molecule has 0 spiro atoms. The fraction of sp³-hybridized carbons (Fsp3) is 0.640. The summed E-state index contributed by atoms with van der Waals surface area (Å²) in [6, 6.07) is -0.544. The summed E-state index contributed by atoms with van der Waals surface area (Å²) in [5.41, 5.74) is 0.418. The van der Waals surface area contributed by atoms with Crippen molar-refractivity contribution in [3.05, 3.63) is 23.6 Å². The Morgan fingerprint density at radius 2 is 1.94 bits per heavy atom. The molecule has 0 radical (unpaired) electrons. The van der Waals surface area contributed by atoms with Gasteiger partial charge in [0, 0.05) is 18.8 Å². The van der Waals surface area contributed by atoms with Gasteiger partial charge in [0.1, 0.15) is 24.2 Å². The Labute approximate surface area is 204 Å². The molecule has 10 nitrogen and oxygen atoms in total. The van der Waals surface area contributed by atoms with E-state index in [0.29, 0.717) is 30.2 Å². The Hall–Kier alpha value is -3.01. The van der Waals surface area contributed by atoms with Crippen molar-refractivity contribution in [2.24, 2.45) is 17.8 Å². The summed E-state index contributed by atoms with van der Waals surface area (Å²) in [6.07, 6.45) is 3.58. The van der Waals surface area contributed by atoms with Crippen molar-refractivity contribution in [3.63, 3.8) is 0 Å². The van der Waals surface area contributed by atoms with E-state index in [4.69, 9.17) is 13.6 Å².